The fourth-order valence-corrected chi connectivity index (χ4v) is 4.45. The van der Waals surface area contributed by atoms with Crippen molar-refractivity contribution in [2.24, 2.45) is 5.10 Å². The maximum atomic E-state index is 13.4. The van der Waals surface area contributed by atoms with Gasteiger partial charge >= 0.3 is 0 Å². The lowest BCUT2D eigenvalue weighted by Crippen LogP contribution is -2.23. The first-order valence-corrected chi connectivity index (χ1v) is 13.4. The summed E-state index contributed by atoms with van der Waals surface area (Å²) in [6.07, 6.45) is 2.47. The molecule has 8 heteroatoms. The van der Waals surface area contributed by atoms with E-state index < -0.39 is 0 Å². The van der Waals surface area contributed by atoms with E-state index in [9.17, 15) is 4.79 Å². The van der Waals surface area contributed by atoms with Gasteiger partial charge in [0, 0.05) is 20.4 Å². The van der Waals surface area contributed by atoms with Crippen molar-refractivity contribution in [3.8, 4) is 11.5 Å². The van der Waals surface area contributed by atoms with Gasteiger partial charge in [-0.25, -0.2) is 4.98 Å². The van der Waals surface area contributed by atoms with Crippen LogP contribution in [-0.4, -0.2) is 22.5 Å². The van der Waals surface area contributed by atoms with Crippen molar-refractivity contribution < 1.29 is 9.47 Å². The quantitative estimate of drug-likeness (QED) is 0.186. The highest BCUT2D eigenvalue weighted by Crippen LogP contribution is 2.34. The van der Waals surface area contributed by atoms with Crippen molar-refractivity contribution in [3.05, 3.63) is 96.9 Å². The zero-order valence-electron chi connectivity index (χ0n) is 20.4. The summed E-state index contributed by atoms with van der Waals surface area (Å²) in [5.74, 6) is 1.91. The van der Waals surface area contributed by atoms with Gasteiger partial charge in [-0.05, 0) is 65.2 Å². The van der Waals surface area contributed by atoms with Gasteiger partial charge in [-0.2, -0.15) is 9.78 Å². The van der Waals surface area contributed by atoms with Crippen LogP contribution in [0.15, 0.2) is 79.5 Å². The van der Waals surface area contributed by atoms with Gasteiger partial charge in [0.15, 0.2) is 11.5 Å². The van der Waals surface area contributed by atoms with Gasteiger partial charge in [-0.15, -0.1) is 0 Å². The van der Waals surface area contributed by atoms with Crippen LogP contribution in [0.5, 0.6) is 11.5 Å². The average Bonchev–Trinajstić information content (AvgIpc) is 2.89. The molecule has 36 heavy (non-hydrogen) atoms. The van der Waals surface area contributed by atoms with E-state index in [1.807, 2.05) is 68.4 Å². The number of ether oxygens (including phenoxy) is 2. The number of fused-ring (bicyclic) bond motifs is 1. The summed E-state index contributed by atoms with van der Waals surface area (Å²) in [6, 6.07) is 19.2. The lowest BCUT2D eigenvalue weighted by Gasteiger charge is -2.15. The third-order valence-corrected chi connectivity index (χ3v) is 6.98. The third-order valence-electron chi connectivity index (χ3n) is 5.80. The first-order chi connectivity index (χ1) is 17.4. The molecule has 0 radical (unpaired) electrons. The van der Waals surface area contributed by atoms with Crippen molar-refractivity contribution in [3.63, 3.8) is 0 Å². The first kappa shape index (κ1) is 26.1. The van der Waals surface area contributed by atoms with E-state index in [2.05, 4.69) is 43.9 Å². The molecule has 0 saturated heterocycles. The topological polar surface area (TPSA) is 65.7 Å². The molecule has 0 N–H and O–H groups in total. The molecule has 1 aromatic heterocycles. The average molecular weight is 613 g/mol. The van der Waals surface area contributed by atoms with Crippen molar-refractivity contribution in [1.29, 1.82) is 0 Å². The number of hydrogen-bond donors (Lipinski definition) is 0. The molecule has 0 amide bonds. The molecule has 1 atom stereocenters. The summed E-state index contributed by atoms with van der Waals surface area (Å²) in [4.78, 5) is 18.2. The highest BCUT2D eigenvalue weighted by Gasteiger charge is 2.16. The van der Waals surface area contributed by atoms with Crippen LogP contribution in [0.25, 0.3) is 10.9 Å². The Morgan fingerprint density at radius 1 is 1.03 bits per heavy atom. The molecule has 0 aliphatic carbocycles. The van der Waals surface area contributed by atoms with Gasteiger partial charge in [0.05, 0.1) is 23.7 Å². The molecule has 186 valence electrons. The largest absolute Gasteiger partial charge is 0.490 e. The van der Waals surface area contributed by atoms with Crippen LogP contribution in [0.1, 0.15) is 50.1 Å². The molecule has 0 aliphatic heterocycles. The van der Waals surface area contributed by atoms with Gasteiger partial charge in [-0.1, -0.05) is 60.1 Å². The SMILES string of the molecule is CCOc1cc(C=Nn2c([C@@H](C)CC)nc3ccc(Br)cc3c2=O)c(Br)cc1OCc1ccccc1. The summed E-state index contributed by atoms with van der Waals surface area (Å²) < 4.78 is 14.9. The second-order valence-electron chi connectivity index (χ2n) is 8.33. The zero-order chi connectivity index (χ0) is 25.7. The molecule has 6 nitrogen and oxygen atoms in total. The normalized spacial score (nSPS) is 12.2. The molecule has 4 rings (SSSR count). The number of nitrogens with zero attached hydrogens (tertiary/aromatic N) is 3. The first-order valence-electron chi connectivity index (χ1n) is 11.8. The van der Waals surface area contributed by atoms with E-state index in [1.54, 1.807) is 12.3 Å². The van der Waals surface area contributed by atoms with E-state index in [1.165, 1.54) is 4.68 Å². The number of hydrogen-bond acceptors (Lipinski definition) is 5. The highest BCUT2D eigenvalue weighted by molar-refractivity contribution is 9.10. The van der Waals surface area contributed by atoms with Crippen LogP contribution in [0.2, 0.25) is 0 Å². The summed E-state index contributed by atoms with van der Waals surface area (Å²) in [6.45, 7) is 6.94. The standard InChI is InChI=1S/C28H27Br2N3O3/c1-4-18(3)27-32-24-12-11-21(29)14-22(24)28(34)33(27)31-16-20-13-25(35-5-2)26(15-23(20)30)36-17-19-9-7-6-8-10-19/h6-16,18H,4-5,17H2,1-3H3/t18-/m0/s1. The minimum atomic E-state index is -0.211. The second kappa shape index (κ2) is 11.8. The van der Waals surface area contributed by atoms with E-state index in [0.29, 0.717) is 41.4 Å². The molecule has 0 bridgehead atoms. The smallest absolute Gasteiger partial charge is 0.282 e. The number of rotatable bonds is 9. The monoisotopic (exact) mass is 611 g/mol. The van der Waals surface area contributed by atoms with E-state index in [4.69, 9.17) is 14.5 Å². The molecule has 0 spiro atoms. The van der Waals surface area contributed by atoms with E-state index in [-0.39, 0.29) is 11.5 Å². The Morgan fingerprint density at radius 2 is 1.78 bits per heavy atom. The Kier molecular flexibility index (Phi) is 8.59. The Balaban J connectivity index is 1.73. The molecule has 3 aromatic carbocycles. The molecule has 0 saturated carbocycles. The van der Waals surface area contributed by atoms with Crippen molar-refractivity contribution in [1.82, 2.24) is 9.66 Å². The van der Waals surface area contributed by atoms with Crippen molar-refractivity contribution >= 4 is 49.0 Å². The van der Waals surface area contributed by atoms with Crippen molar-refractivity contribution in [2.45, 2.75) is 39.7 Å². The predicted molar refractivity (Wildman–Crippen MR) is 151 cm³/mol. The summed E-state index contributed by atoms with van der Waals surface area (Å²) in [7, 11) is 0. The zero-order valence-corrected chi connectivity index (χ0v) is 23.5. The second-order valence-corrected chi connectivity index (χ2v) is 10.1. The van der Waals surface area contributed by atoms with Gasteiger partial charge in [0.2, 0.25) is 0 Å². The highest BCUT2D eigenvalue weighted by atomic mass is 79.9. The Labute approximate surface area is 227 Å². The molecule has 0 unspecified atom stereocenters. The summed E-state index contributed by atoms with van der Waals surface area (Å²) in [5, 5.41) is 5.09. The maximum Gasteiger partial charge on any atom is 0.282 e. The Bertz CT molecular complexity index is 1450. The van der Waals surface area contributed by atoms with Gasteiger partial charge < -0.3 is 9.47 Å². The molecular weight excluding hydrogens is 586 g/mol. The maximum absolute atomic E-state index is 13.4. The minimum absolute atomic E-state index is 0.0547. The van der Waals surface area contributed by atoms with Crippen LogP contribution >= 0.6 is 31.9 Å². The van der Waals surface area contributed by atoms with E-state index in [0.717, 1.165) is 26.5 Å². The number of benzene rings is 3. The molecule has 0 aliphatic rings. The third kappa shape index (κ3) is 5.87. The summed E-state index contributed by atoms with van der Waals surface area (Å²) in [5.41, 5.74) is 2.26. The lowest BCUT2D eigenvalue weighted by molar-refractivity contribution is 0.269. The Morgan fingerprint density at radius 3 is 2.50 bits per heavy atom. The van der Waals surface area contributed by atoms with Crippen molar-refractivity contribution in [2.75, 3.05) is 6.61 Å². The Hall–Kier alpha value is -2.97. The van der Waals surface area contributed by atoms with Crippen LogP contribution in [0.4, 0.5) is 0 Å². The summed E-state index contributed by atoms with van der Waals surface area (Å²) >= 11 is 7.07. The molecule has 4 aromatic rings. The number of halogens is 2. The fraction of sp³-hybridized carbons (Fsp3) is 0.250. The van der Waals surface area contributed by atoms with Gasteiger partial charge in [0.25, 0.3) is 5.56 Å². The van der Waals surface area contributed by atoms with Crippen LogP contribution < -0.4 is 15.0 Å². The molecule has 1 heterocycles. The fourth-order valence-electron chi connectivity index (χ4n) is 3.67. The number of aromatic nitrogens is 2. The predicted octanol–water partition coefficient (Wildman–Crippen LogP) is 7.29. The van der Waals surface area contributed by atoms with Crippen LogP contribution in [0.3, 0.4) is 0 Å². The molecular formula is C28H27Br2N3O3. The van der Waals surface area contributed by atoms with Gasteiger partial charge in [-0.3, -0.25) is 4.79 Å². The van der Waals surface area contributed by atoms with Crippen LogP contribution in [-0.2, 0) is 6.61 Å². The minimum Gasteiger partial charge on any atom is -0.490 e. The van der Waals surface area contributed by atoms with Gasteiger partial charge in [0.1, 0.15) is 12.4 Å². The lowest BCUT2D eigenvalue weighted by atomic mass is 10.1. The van der Waals surface area contributed by atoms with Crippen LogP contribution in [0, 0.1) is 0 Å². The van der Waals surface area contributed by atoms with E-state index >= 15 is 0 Å². The molecule has 0 fully saturated rings.